The van der Waals surface area contributed by atoms with Crippen LogP contribution in [0.5, 0.6) is 5.75 Å². The van der Waals surface area contributed by atoms with Gasteiger partial charge in [0.1, 0.15) is 11.0 Å². The zero-order valence-electron chi connectivity index (χ0n) is 16.8. The van der Waals surface area contributed by atoms with Crippen LogP contribution in [-0.2, 0) is 14.3 Å². The molecule has 1 N–H and O–H groups in total. The number of esters is 1. The molecule has 0 radical (unpaired) electrons. The van der Waals surface area contributed by atoms with Crippen molar-refractivity contribution in [2.45, 2.75) is 23.2 Å². The Labute approximate surface area is 180 Å². The van der Waals surface area contributed by atoms with Crippen molar-refractivity contribution in [1.82, 2.24) is 0 Å². The van der Waals surface area contributed by atoms with Crippen LogP contribution in [0.1, 0.15) is 17.7 Å². The van der Waals surface area contributed by atoms with Gasteiger partial charge in [-0.25, -0.2) is 0 Å². The molecule has 0 saturated heterocycles. The predicted octanol–water partition coefficient (Wildman–Crippen LogP) is 5.10. The lowest BCUT2D eigenvalue weighted by molar-refractivity contribution is -0.152. The highest BCUT2D eigenvalue weighted by molar-refractivity contribution is 8.00. The average molecular weight is 422 g/mol. The summed E-state index contributed by atoms with van der Waals surface area (Å²) in [5.41, 5.74) is 1.33. The van der Waals surface area contributed by atoms with E-state index >= 15 is 0 Å². The van der Waals surface area contributed by atoms with Crippen LogP contribution in [0.25, 0.3) is 0 Å². The van der Waals surface area contributed by atoms with E-state index in [1.807, 2.05) is 66.7 Å². The number of rotatable bonds is 8. The average Bonchev–Trinajstić information content (AvgIpc) is 2.79. The Hall–Kier alpha value is -3.25. The number of benzene rings is 3. The number of ether oxygens (including phenoxy) is 2. The maximum Gasteiger partial charge on any atom is 0.324 e. The van der Waals surface area contributed by atoms with Crippen LogP contribution in [0, 0.1) is 0 Å². The molecule has 0 aromatic heterocycles. The number of para-hydroxylation sites is 2. The molecule has 0 saturated carbocycles. The molecule has 2 atom stereocenters. The normalized spacial score (nSPS) is 12.5. The number of thioether (sulfide) groups is 1. The molecule has 154 valence electrons. The zero-order chi connectivity index (χ0) is 21.3. The summed E-state index contributed by atoms with van der Waals surface area (Å²) in [4.78, 5) is 26.5. The fourth-order valence-corrected chi connectivity index (χ4v) is 3.82. The molecule has 0 heterocycles. The standard InChI is InChI=1S/C24H23NO4S/c1-17(23(26)25-20-15-9-10-16-21(20)28-2)29-24(27)22(18-11-5-3-6-12-18)30-19-13-7-4-8-14-19/h3-17,22H,1-2H3,(H,25,26)/t17-,22-/m0/s1. The Balaban J connectivity index is 1.72. The molecule has 3 rings (SSSR count). The maximum absolute atomic E-state index is 13.0. The van der Waals surface area contributed by atoms with Crippen molar-refractivity contribution in [3.8, 4) is 5.75 Å². The molecular formula is C24H23NO4S. The lowest BCUT2D eigenvalue weighted by Crippen LogP contribution is -2.31. The van der Waals surface area contributed by atoms with Crippen molar-refractivity contribution in [1.29, 1.82) is 0 Å². The van der Waals surface area contributed by atoms with E-state index in [2.05, 4.69) is 5.32 Å². The molecule has 0 unspecified atom stereocenters. The lowest BCUT2D eigenvalue weighted by atomic mass is 10.1. The molecule has 0 fully saturated rings. The number of amides is 1. The molecule has 5 nitrogen and oxygen atoms in total. The minimum absolute atomic E-state index is 0.427. The minimum atomic E-state index is -0.968. The first-order valence-corrected chi connectivity index (χ1v) is 10.4. The summed E-state index contributed by atoms with van der Waals surface area (Å²) in [5.74, 6) is -0.367. The molecule has 6 heteroatoms. The number of carbonyl (C=O) groups excluding carboxylic acids is 2. The third kappa shape index (κ3) is 5.64. The van der Waals surface area contributed by atoms with Gasteiger partial charge in [0.25, 0.3) is 5.91 Å². The van der Waals surface area contributed by atoms with Gasteiger partial charge in [0.2, 0.25) is 0 Å². The largest absolute Gasteiger partial charge is 0.495 e. The minimum Gasteiger partial charge on any atom is -0.495 e. The topological polar surface area (TPSA) is 64.6 Å². The van der Waals surface area contributed by atoms with E-state index in [0.29, 0.717) is 11.4 Å². The van der Waals surface area contributed by atoms with Gasteiger partial charge in [-0.1, -0.05) is 60.7 Å². The number of hydrogen-bond donors (Lipinski definition) is 1. The molecule has 0 spiro atoms. The molecular weight excluding hydrogens is 398 g/mol. The fourth-order valence-electron chi connectivity index (χ4n) is 2.79. The van der Waals surface area contributed by atoms with Crippen LogP contribution in [0.3, 0.4) is 0 Å². The van der Waals surface area contributed by atoms with Gasteiger partial charge in [0.05, 0.1) is 12.8 Å². The SMILES string of the molecule is COc1ccccc1NC(=O)[C@H](C)OC(=O)[C@@H](Sc1ccccc1)c1ccccc1. The summed E-state index contributed by atoms with van der Waals surface area (Å²) in [7, 11) is 1.53. The van der Waals surface area contributed by atoms with E-state index in [1.54, 1.807) is 25.1 Å². The molecule has 0 aliphatic rings. The first-order chi connectivity index (χ1) is 14.6. The van der Waals surface area contributed by atoms with E-state index in [0.717, 1.165) is 10.5 Å². The number of methoxy groups -OCH3 is 1. The second-order valence-corrected chi connectivity index (χ2v) is 7.67. The van der Waals surface area contributed by atoms with Crippen molar-refractivity contribution in [3.05, 3.63) is 90.5 Å². The third-order valence-corrected chi connectivity index (χ3v) is 5.59. The summed E-state index contributed by atoms with van der Waals surface area (Å²) in [5, 5.41) is 2.16. The number of carbonyl (C=O) groups is 2. The summed E-state index contributed by atoms with van der Waals surface area (Å²) in [6.45, 7) is 1.55. The summed E-state index contributed by atoms with van der Waals surface area (Å²) in [6.07, 6.45) is -0.968. The van der Waals surface area contributed by atoms with E-state index < -0.39 is 23.2 Å². The van der Waals surface area contributed by atoms with Crippen LogP contribution in [-0.4, -0.2) is 25.1 Å². The van der Waals surface area contributed by atoms with Gasteiger partial charge in [-0.05, 0) is 36.8 Å². The Bertz CT molecular complexity index is 979. The van der Waals surface area contributed by atoms with Crippen molar-refractivity contribution in [3.63, 3.8) is 0 Å². The Morgan fingerprint density at radius 3 is 2.13 bits per heavy atom. The van der Waals surface area contributed by atoms with E-state index in [9.17, 15) is 9.59 Å². The molecule has 1 amide bonds. The molecule has 0 bridgehead atoms. The second-order valence-electron chi connectivity index (χ2n) is 6.49. The zero-order valence-corrected chi connectivity index (χ0v) is 17.6. The Morgan fingerprint density at radius 2 is 1.47 bits per heavy atom. The summed E-state index contributed by atoms with van der Waals surface area (Å²) in [6, 6.07) is 26.1. The van der Waals surface area contributed by atoms with Gasteiger partial charge in [-0.15, -0.1) is 11.8 Å². The van der Waals surface area contributed by atoms with Gasteiger partial charge in [-0.2, -0.15) is 0 Å². The molecule has 0 aliphatic carbocycles. The lowest BCUT2D eigenvalue weighted by Gasteiger charge is -2.20. The van der Waals surface area contributed by atoms with Crippen LogP contribution in [0.15, 0.2) is 89.8 Å². The Kier molecular flexibility index (Phi) is 7.51. The fraction of sp³-hybridized carbons (Fsp3) is 0.167. The van der Waals surface area contributed by atoms with Crippen molar-refractivity contribution in [2.24, 2.45) is 0 Å². The monoisotopic (exact) mass is 421 g/mol. The summed E-state index contributed by atoms with van der Waals surface area (Å²) < 4.78 is 10.8. The van der Waals surface area contributed by atoms with Crippen molar-refractivity contribution >= 4 is 29.3 Å². The molecule has 30 heavy (non-hydrogen) atoms. The van der Waals surface area contributed by atoms with E-state index in [1.165, 1.54) is 18.9 Å². The first kappa shape index (κ1) is 21.5. The molecule has 0 aliphatic heterocycles. The van der Waals surface area contributed by atoms with Crippen molar-refractivity contribution < 1.29 is 19.1 Å². The van der Waals surface area contributed by atoms with Gasteiger partial charge >= 0.3 is 5.97 Å². The van der Waals surface area contributed by atoms with E-state index in [4.69, 9.17) is 9.47 Å². The predicted molar refractivity (Wildman–Crippen MR) is 119 cm³/mol. The maximum atomic E-state index is 13.0. The van der Waals surface area contributed by atoms with Gasteiger partial charge < -0.3 is 14.8 Å². The highest BCUT2D eigenvalue weighted by Crippen LogP contribution is 2.36. The van der Waals surface area contributed by atoms with Crippen LogP contribution >= 0.6 is 11.8 Å². The summed E-state index contributed by atoms with van der Waals surface area (Å²) >= 11 is 1.39. The van der Waals surface area contributed by atoms with Gasteiger partial charge in [-0.3, -0.25) is 9.59 Å². The smallest absolute Gasteiger partial charge is 0.324 e. The number of anilines is 1. The highest BCUT2D eigenvalue weighted by atomic mass is 32.2. The van der Waals surface area contributed by atoms with Crippen molar-refractivity contribution in [2.75, 3.05) is 12.4 Å². The van der Waals surface area contributed by atoms with E-state index in [-0.39, 0.29) is 0 Å². The highest BCUT2D eigenvalue weighted by Gasteiger charge is 2.27. The van der Waals surface area contributed by atoms with Crippen LogP contribution in [0.2, 0.25) is 0 Å². The Morgan fingerprint density at radius 1 is 0.867 bits per heavy atom. The first-order valence-electron chi connectivity index (χ1n) is 9.49. The van der Waals surface area contributed by atoms with Crippen LogP contribution in [0.4, 0.5) is 5.69 Å². The van der Waals surface area contributed by atoms with Gasteiger partial charge in [0, 0.05) is 4.90 Å². The molecule has 3 aromatic carbocycles. The molecule has 3 aromatic rings. The second kappa shape index (κ2) is 10.5. The third-order valence-electron chi connectivity index (χ3n) is 4.34. The van der Waals surface area contributed by atoms with Gasteiger partial charge in [0.15, 0.2) is 6.10 Å². The number of nitrogens with one attached hydrogen (secondary N) is 1. The quantitative estimate of drug-likeness (QED) is 0.405. The van der Waals surface area contributed by atoms with Crippen LogP contribution < -0.4 is 10.1 Å². The number of hydrogen-bond acceptors (Lipinski definition) is 5.